The van der Waals surface area contributed by atoms with Gasteiger partial charge in [-0.05, 0) is 6.92 Å². The first kappa shape index (κ1) is 12.0. The van der Waals surface area contributed by atoms with Crippen LogP contribution >= 0.6 is 0 Å². The van der Waals surface area contributed by atoms with Crippen molar-refractivity contribution in [3.63, 3.8) is 0 Å². The van der Waals surface area contributed by atoms with E-state index in [1.807, 2.05) is 0 Å². The molecule has 0 aromatic carbocycles. The normalized spacial score (nSPS) is 17.3. The number of methoxy groups -OCH3 is 1. The van der Waals surface area contributed by atoms with Crippen molar-refractivity contribution < 1.29 is 29.6 Å². The number of carbonyl (C=O) groups excluding carboxylic acids is 2. The molecule has 0 aromatic rings. The minimum absolute atomic E-state index is 0.928. The topological polar surface area (TPSA) is 104 Å². The number of aliphatic hydroxyl groups is 3. The van der Waals surface area contributed by atoms with Crippen LogP contribution in [0, 0.1) is 0 Å². The third-order valence-corrected chi connectivity index (χ3v) is 1.59. The third kappa shape index (κ3) is 2.48. The SMILES string of the molecule is COC(=O)C(C)(O)C(O)C(=O)CO. The lowest BCUT2D eigenvalue weighted by Crippen LogP contribution is -2.52. The van der Waals surface area contributed by atoms with Gasteiger partial charge in [-0.15, -0.1) is 0 Å². The van der Waals surface area contributed by atoms with E-state index in [1.165, 1.54) is 0 Å². The number of rotatable bonds is 4. The summed E-state index contributed by atoms with van der Waals surface area (Å²) in [6.07, 6.45) is -1.98. The van der Waals surface area contributed by atoms with Crippen molar-refractivity contribution in [2.75, 3.05) is 13.7 Å². The predicted octanol–water partition coefficient (Wildman–Crippen LogP) is -2.17. The Morgan fingerprint density at radius 1 is 1.54 bits per heavy atom. The third-order valence-electron chi connectivity index (χ3n) is 1.59. The summed E-state index contributed by atoms with van der Waals surface area (Å²) in [5.41, 5.74) is -2.32. The van der Waals surface area contributed by atoms with Gasteiger partial charge in [-0.3, -0.25) is 4.79 Å². The molecule has 0 aliphatic heterocycles. The second-order valence-electron chi connectivity index (χ2n) is 2.67. The summed E-state index contributed by atoms with van der Waals surface area (Å²) in [7, 11) is 1.01. The monoisotopic (exact) mass is 192 g/mol. The van der Waals surface area contributed by atoms with Gasteiger partial charge in [-0.25, -0.2) is 4.79 Å². The Morgan fingerprint density at radius 3 is 2.31 bits per heavy atom. The molecule has 0 amide bonds. The minimum atomic E-state index is -2.32. The molecule has 0 saturated heterocycles. The standard InChI is InChI=1S/C7H12O6/c1-7(12,6(11)13-2)5(10)4(9)3-8/h5,8,10,12H,3H2,1-2H3. The maximum Gasteiger partial charge on any atom is 0.340 e. The van der Waals surface area contributed by atoms with E-state index in [9.17, 15) is 14.7 Å². The van der Waals surface area contributed by atoms with E-state index in [0.29, 0.717) is 0 Å². The molecule has 0 saturated carbocycles. The van der Waals surface area contributed by atoms with Gasteiger partial charge < -0.3 is 20.1 Å². The minimum Gasteiger partial charge on any atom is -0.467 e. The van der Waals surface area contributed by atoms with E-state index in [0.717, 1.165) is 14.0 Å². The van der Waals surface area contributed by atoms with Crippen molar-refractivity contribution in [2.45, 2.75) is 18.6 Å². The van der Waals surface area contributed by atoms with Crippen LogP contribution in [0.2, 0.25) is 0 Å². The number of esters is 1. The van der Waals surface area contributed by atoms with Crippen LogP contribution in [-0.4, -0.2) is 52.5 Å². The van der Waals surface area contributed by atoms with E-state index in [1.54, 1.807) is 0 Å². The molecule has 76 valence electrons. The van der Waals surface area contributed by atoms with Gasteiger partial charge in [-0.1, -0.05) is 0 Å². The van der Waals surface area contributed by atoms with E-state index >= 15 is 0 Å². The highest BCUT2D eigenvalue weighted by atomic mass is 16.5. The fraction of sp³-hybridized carbons (Fsp3) is 0.714. The zero-order valence-electron chi connectivity index (χ0n) is 7.35. The first-order valence-electron chi connectivity index (χ1n) is 3.50. The fourth-order valence-corrected chi connectivity index (χ4v) is 0.718. The molecule has 0 aliphatic carbocycles. The van der Waals surface area contributed by atoms with Gasteiger partial charge in [0.2, 0.25) is 0 Å². The quantitative estimate of drug-likeness (QED) is 0.438. The highest BCUT2D eigenvalue weighted by Crippen LogP contribution is 2.12. The van der Waals surface area contributed by atoms with Gasteiger partial charge in [0, 0.05) is 0 Å². The number of hydrogen-bond donors (Lipinski definition) is 3. The molecular weight excluding hydrogens is 180 g/mol. The molecular formula is C7H12O6. The van der Waals surface area contributed by atoms with Gasteiger partial charge in [0.25, 0.3) is 0 Å². The lowest BCUT2D eigenvalue weighted by molar-refractivity contribution is -0.176. The number of hydrogen-bond acceptors (Lipinski definition) is 6. The van der Waals surface area contributed by atoms with Gasteiger partial charge in [-0.2, -0.15) is 0 Å². The fourth-order valence-electron chi connectivity index (χ4n) is 0.718. The zero-order chi connectivity index (χ0) is 10.6. The smallest absolute Gasteiger partial charge is 0.340 e. The predicted molar refractivity (Wildman–Crippen MR) is 40.7 cm³/mol. The summed E-state index contributed by atoms with van der Waals surface area (Å²) in [4.78, 5) is 21.5. The average Bonchev–Trinajstić information content (AvgIpc) is 2.13. The van der Waals surface area contributed by atoms with Crippen LogP contribution in [0.5, 0.6) is 0 Å². The van der Waals surface area contributed by atoms with E-state index in [-0.39, 0.29) is 0 Å². The largest absolute Gasteiger partial charge is 0.467 e. The lowest BCUT2D eigenvalue weighted by atomic mass is 9.96. The van der Waals surface area contributed by atoms with Gasteiger partial charge in [0.05, 0.1) is 7.11 Å². The Bertz CT molecular complexity index is 209. The molecule has 3 N–H and O–H groups in total. The van der Waals surface area contributed by atoms with Crippen molar-refractivity contribution >= 4 is 11.8 Å². The molecule has 0 radical (unpaired) electrons. The highest BCUT2D eigenvalue weighted by molar-refractivity contribution is 5.92. The van der Waals surface area contributed by atoms with E-state index < -0.39 is 30.1 Å². The summed E-state index contributed by atoms with van der Waals surface area (Å²) in [5, 5.41) is 26.7. The van der Waals surface area contributed by atoms with Crippen LogP contribution in [0.1, 0.15) is 6.92 Å². The first-order valence-corrected chi connectivity index (χ1v) is 3.50. The molecule has 0 aromatic heterocycles. The molecule has 0 aliphatic rings. The lowest BCUT2D eigenvalue weighted by Gasteiger charge is -2.24. The van der Waals surface area contributed by atoms with Crippen molar-refractivity contribution in [1.29, 1.82) is 0 Å². The van der Waals surface area contributed by atoms with Gasteiger partial charge in [0.1, 0.15) is 6.61 Å². The molecule has 0 bridgehead atoms. The molecule has 6 heteroatoms. The molecule has 0 spiro atoms. The molecule has 2 unspecified atom stereocenters. The summed E-state index contributed by atoms with van der Waals surface area (Å²) in [6.45, 7) is -0.0224. The Labute approximate surface area is 74.7 Å². The van der Waals surface area contributed by atoms with Crippen LogP contribution in [0.25, 0.3) is 0 Å². The second-order valence-corrected chi connectivity index (χ2v) is 2.67. The Balaban J connectivity index is 4.62. The van der Waals surface area contributed by atoms with Gasteiger partial charge >= 0.3 is 5.97 Å². The van der Waals surface area contributed by atoms with Crippen molar-refractivity contribution in [3.8, 4) is 0 Å². The van der Waals surface area contributed by atoms with Crippen LogP contribution < -0.4 is 0 Å². The highest BCUT2D eigenvalue weighted by Gasteiger charge is 2.43. The first-order chi connectivity index (χ1) is 5.87. The number of aliphatic hydroxyl groups excluding tert-OH is 2. The number of ketones is 1. The maximum absolute atomic E-state index is 10.8. The summed E-state index contributed by atoms with van der Waals surface area (Å²) < 4.78 is 4.15. The Kier molecular flexibility index (Phi) is 3.99. The number of Topliss-reactive ketones (excluding diaryl/α,β-unsaturated/α-hetero) is 1. The summed E-state index contributed by atoms with van der Waals surface area (Å²) in [5.74, 6) is -2.18. The van der Waals surface area contributed by atoms with E-state index in [2.05, 4.69) is 4.74 Å². The van der Waals surface area contributed by atoms with Crippen LogP contribution in [0.15, 0.2) is 0 Å². The van der Waals surface area contributed by atoms with Crippen molar-refractivity contribution in [1.82, 2.24) is 0 Å². The summed E-state index contributed by atoms with van der Waals surface area (Å²) >= 11 is 0. The summed E-state index contributed by atoms with van der Waals surface area (Å²) in [6, 6.07) is 0. The number of ether oxygens (including phenoxy) is 1. The molecule has 0 rings (SSSR count). The Morgan fingerprint density at radius 2 is 2.00 bits per heavy atom. The van der Waals surface area contributed by atoms with Crippen LogP contribution in [0.4, 0.5) is 0 Å². The average molecular weight is 192 g/mol. The van der Waals surface area contributed by atoms with Crippen molar-refractivity contribution in [2.24, 2.45) is 0 Å². The Hall–Kier alpha value is -0.980. The molecule has 6 nitrogen and oxygen atoms in total. The van der Waals surface area contributed by atoms with E-state index in [4.69, 9.17) is 10.2 Å². The molecule has 13 heavy (non-hydrogen) atoms. The molecule has 2 atom stereocenters. The zero-order valence-corrected chi connectivity index (χ0v) is 7.35. The second kappa shape index (κ2) is 4.31. The van der Waals surface area contributed by atoms with Gasteiger partial charge in [0.15, 0.2) is 17.5 Å². The molecule has 0 fully saturated rings. The number of carbonyl (C=O) groups is 2. The maximum atomic E-state index is 10.8. The van der Waals surface area contributed by atoms with Crippen molar-refractivity contribution in [3.05, 3.63) is 0 Å². The molecule has 0 heterocycles. The van der Waals surface area contributed by atoms with Crippen LogP contribution in [0.3, 0.4) is 0 Å². The van der Waals surface area contributed by atoms with Crippen LogP contribution in [-0.2, 0) is 14.3 Å².